The Labute approximate surface area is 132 Å². The molecule has 0 saturated heterocycles. The van der Waals surface area contributed by atoms with Gasteiger partial charge < -0.3 is 13.8 Å². The van der Waals surface area contributed by atoms with E-state index in [1.165, 1.54) is 0 Å². The summed E-state index contributed by atoms with van der Waals surface area (Å²) in [6, 6.07) is 3.54. The molecule has 0 atom stereocenters. The molecule has 0 fully saturated rings. The summed E-state index contributed by atoms with van der Waals surface area (Å²) in [7, 11) is -3.29. The van der Waals surface area contributed by atoms with Gasteiger partial charge in [0.25, 0.3) is 0 Å². The van der Waals surface area contributed by atoms with Crippen molar-refractivity contribution in [3.63, 3.8) is 0 Å². The first-order chi connectivity index (χ1) is 10.0. The van der Waals surface area contributed by atoms with Gasteiger partial charge in [0.05, 0.1) is 18.8 Å². The molecule has 1 aromatic rings. The lowest BCUT2D eigenvalue weighted by molar-refractivity contribution is 0.0990. The quantitative estimate of drug-likeness (QED) is 0.668. The lowest BCUT2D eigenvalue weighted by atomic mass is 10.1. The van der Waals surface area contributed by atoms with Crippen molar-refractivity contribution in [2.75, 3.05) is 19.6 Å². The molecule has 0 heterocycles. The third kappa shape index (κ3) is 3.75. The minimum absolute atomic E-state index is 0.0453. The predicted octanol–water partition coefficient (Wildman–Crippen LogP) is 4.18. The standard InChI is InChI=1S/C14H18BrO5P/c1-3-19-21(17,20-4-2)9-18-13-8-6-11(15)10-5-7-12(16)14(10)13/h6,8H,3-5,7,9H2,1-2H3. The molecule has 1 aromatic carbocycles. The van der Waals surface area contributed by atoms with Crippen molar-refractivity contribution in [2.45, 2.75) is 26.7 Å². The summed E-state index contributed by atoms with van der Waals surface area (Å²) in [6.45, 7) is 4.04. The fraction of sp³-hybridized carbons (Fsp3) is 0.500. The Kier molecular flexibility index (Phi) is 5.60. The Balaban J connectivity index is 2.19. The van der Waals surface area contributed by atoms with E-state index in [4.69, 9.17) is 13.8 Å². The Morgan fingerprint density at radius 3 is 2.48 bits per heavy atom. The molecule has 1 aliphatic carbocycles. The number of rotatable bonds is 7. The van der Waals surface area contributed by atoms with Crippen molar-refractivity contribution in [1.29, 1.82) is 0 Å². The molecule has 0 aliphatic heterocycles. The predicted molar refractivity (Wildman–Crippen MR) is 83.1 cm³/mol. The van der Waals surface area contributed by atoms with Gasteiger partial charge in [-0.3, -0.25) is 9.36 Å². The summed E-state index contributed by atoms with van der Waals surface area (Å²) in [5.41, 5.74) is 1.52. The third-order valence-corrected chi connectivity index (χ3v) is 5.62. The average Bonchev–Trinajstić information content (AvgIpc) is 2.82. The van der Waals surface area contributed by atoms with E-state index in [2.05, 4.69) is 15.9 Å². The van der Waals surface area contributed by atoms with Gasteiger partial charge in [-0.1, -0.05) is 15.9 Å². The maximum absolute atomic E-state index is 12.4. The van der Waals surface area contributed by atoms with Crippen LogP contribution in [0.15, 0.2) is 16.6 Å². The molecule has 0 saturated carbocycles. The van der Waals surface area contributed by atoms with E-state index in [0.717, 1.165) is 10.0 Å². The van der Waals surface area contributed by atoms with Gasteiger partial charge in [-0.15, -0.1) is 0 Å². The number of hydrogen-bond acceptors (Lipinski definition) is 5. The summed E-state index contributed by atoms with van der Waals surface area (Å²) in [5.74, 6) is 0.485. The van der Waals surface area contributed by atoms with Crippen molar-refractivity contribution in [2.24, 2.45) is 0 Å². The number of ketones is 1. The Hall–Kier alpha value is -0.680. The Morgan fingerprint density at radius 2 is 1.86 bits per heavy atom. The first-order valence-electron chi connectivity index (χ1n) is 6.86. The lowest BCUT2D eigenvalue weighted by Crippen LogP contribution is -2.08. The molecule has 116 valence electrons. The van der Waals surface area contributed by atoms with Crippen molar-refractivity contribution in [1.82, 2.24) is 0 Å². The maximum Gasteiger partial charge on any atom is 0.367 e. The van der Waals surface area contributed by atoms with Crippen LogP contribution >= 0.6 is 23.5 Å². The average molecular weight is 377 g/mol. The summed E-state index contributed by atoms with van der Waals surface area (Å²) in [4.78, 5) is 12.0. The lowest BCUT2D eigenvalue weighted by Gasteiger charge is -2.18. The normalized spacial score (nSPS) is 14.3. The molecular formula is C14H18BrO5P. The Bertz CT molecular complexity index is 577. The van der Waals surface area contributed by atoms with Gasteiger partial charge in [-0.2, -0.15) is 0 Å². The van der Waals surface area contributed by atoms with Crippen molar-refractivity contribution < 1.29 is 23.1 Å². The molecule has 21 heavy (non-hydrogen) atoms. The summed E-state index contributed by atoms with van der Waals surface area (Å²) < 4.78 is 29.2. The number of carbonyl (C=O) groups excluding carboxylic acids is 1. The number of fused-ring (bicyclic) bond motifs is 1. The zero-order valence-electron chi connectivity index (χ0n) is 12.1. The van der Waals surface area contributed by atoms with E-state index >= 15 is 0 Å². The number of ether oxygens (including phenoxy) is 1. The fourth-order valence-corrected chi connectivity index (χ4v) is 4.12. The first-order valence-corrected chi connectivity index (χ1v) is 9.38. The van der Waals surface area contributed by atoms with Crippen molar-refractivity contribution >= 4 is 29.3 Å². The molecule has 7 heteroatoms. The van der Waals surface area contributed by atoms with Gasteiger partial charge in [0.1, 0.15) is 5.75 Å². The van der Waals surface area contributed by atoms with E-state index in [9.17, 15) is 9.36 Å². The topological polar surface area (TPSA) is 61.8 Å². The zero-order chi connectivity index (χ0) is 15.5. The van der Waals surface area contributed by atoms with Gasteiger partial charge in [0.15, 0.2) is 12.1 Å². The van der Waals surface area contributed by atoms with Gasteiger partial charge in [-0.25, -0.2) is 0 Å². The van der Waals surface area contributed by atoms with Crippen LogP contribution in [0.3, 0.4) is 0 Å². The summed E-state index contributed by atoms with van der Waals surface area (Å²) >= 11 is 3.44. The van der Waals surface area contributed by atoms with E-state index in [0.29, 0.717) is 24.2 Å². The highest BCUT2D eigenvalue weighted by Crippen LogP contribution is 2.48. The molecule has 0 N–H and O–H groups in total. The minimum Gasteiger partial charge on any atom is -0.480 e. The molecule has 0 amide bonds. The second-order valence-corrected chi connectivity index (χ2v) is 7.39. The van der Waals surface area contributed by atoms with Crippen LogP contribution in [-0.4, -0.2) is 25.3 Å². The minimum atomic E-state index is -3.29. The van der Waals surface area contributed by atoms with Gasteiger partial charge in [0, 0.05) is 10.9 Å². The van der Waals surface area contributed by atoms with E-state index in [1.807, 2.05) is 6.07 Å². The summed E-state index contributed by atoms with van der Waals surface area (Å²) in [5, 5.41) is 0. The molecule has 2 rings (SSSR count). The molecule has 1 aliphatic rings. The number of halogens is 1. The van der Waals surface area contributed by atoms with E-state index < -0.39 is 7.60 Å². The van der Waals surface area contributed by atoms with Gasteiger partial charge in [-0.05, 0) is 38.0 Å². The number of Topliss-reactive ketones (excluding diaryl/α,β-unsaturated/α-hetero) is 1. The van der Waals surface area contributed by atoms with Crippen LogP contribution < -0.4 is 4.74 Å². The summed E-state index contributed by atoms with van der Waals surface area (Å²) in [6.07, 6.45) is 0.972. The maximum atomic E-state index is 12.4. The molecule has 0 radical (unpaired) electrons. The zero-order valence-corrected chi connectivity index (χ0v) is 14.5. The smallest absolute Gasteiger partial charge is 0.367 e. The first kappa shape index (κ1) is 16.7. The van der Waals surface area contributed by atoms with Gasteiger partial charge in [0.2, 0.25) is 0 Å². The number of carbonyl (C=O) groups is 1. The Morgan fingerprint density at radius 1 is 1.19 bits per heavy atom. The van der Waals surface area contributed by atoms with Crippen LogP contribution in [0.5, 0.6) is 5.75 Å². The highest BCUT2D eigenvalue weighted by atomic mass is 79.9. The third-order valence-electron chi connectivity index (χ3n) is 3.13. The van der Waals surface area contributed by atoms with Crippen LogP contribution in [0.2, 0.25) is 0 Å². The largest absolute Gasteiger partial charge is 0.480 e. The van der Waals surface area contributed by atoms with Crippen LogP contribution in [-0.2, 0) is 20.0 Å². The monoisotopic (exact) mass is 376 g/mol. The van der Waals surface area contributed by atoms with E-state index in [1.54, 1.807) is 19.9 Å². The number of hydrogen-bond donors (Lipinski definition) is 0. The molecule has 0 aromatic heterocycles. The SMILES string of the molecule is CCOP(=O)(COc1ccc(Br)c2c1C(=O)CC2)OCC. The van der Waals surface area contributed by atoms with Crippen molar-refractivity contribution in [3.05, 3.63) is 27.7 Å². The molecule has 0 spiro atoms. The van der Waals surface area contributed by atoms with Crippen LogP contribution in [0.1, 0.15) is 36.2 Å². The second-order valence-electron chi connectivity index (χ2n) is 4.54. The van der Waals surface area contributed by atoms with E-state index in [-0.39, 0.29) is 25.3 Å². The molecule has 0 bridgehead atoms. The highest BCUT2D eigenvalue weighted by Gasteiger charge is 2.29. The second kappa shape index (κ2) is 7.05. The van der Waals surface area contributed by atoms with Crippen LogP contribution in [0.4, 0.5) is 0 Å². The molecule has 0 unspecified atom stereocenters. The highest BCUT2D eigenvalue weighted by molar-refractivity contribution is 9.10. The fourth-order valence-electron chi connectivity index (χ4n) is 2.29. The van der Waals surface area contributed by atoms with Gasteiger partial charge >= 0.3 is 7.60 Å². The van der Waals surface area contributed by atoms with Crippen LogP contribution in [0.25, 0.3) is 0 Å². The molecular weight excluding hydrogens is 359 g/mol. The number of benzene rings is 1. The van der Waals surface area contributed by atoms with Crippen LogP contribution in [0, 0.1) is 0 Å². The molecule has 5 nitrogen and oxygen atoms in total. The van der Waals surface area contributed by atoms with Crippen molar-refractivity contribution in [3.8, 4) is 5.75 Å².